The van der Waals surface area contributed by atoms with Crippen molar-refractivity contribution in [2.24, 2.45) is 10.2 Å². The van der Waals surface area contributed by atoms with Crippen molar-refractivity contribution in [3.63, 3.8) is 0 Å². The van der Waals surface area contributed by atoms with Crippen molar-refractivity contribution in [3.05, 3.63) is 59.7 Å². The molecule has 0 aromatic heterocycles. The van der Waals surface area contributed by atoms with Crippen LogP contribution in [0.5, 0.6) is 0 Å². The van der Waals surface area contributed by atoms with E-state index in [4.69, 9.17) is 0 Å². The molecule has 0 radical (unpaired) electrons. The maximum absolute atomic E-state index is 11.7. The van der Waals surface area contributed by atoms with E-state index in [-0.39, 0.29) is 0 Å². The van der Waals surface area contributed by atoms with Crippen LogP contribution in [0.3, 0.4) is 0 Å². The molecule has 28 heavy (non-hydrogen) atoms. The highest BCUT2D eigenvalue weighted by atomic mass is 16.2. The summed E-state index contributed by atoms with van der Waals surface area (Å²) in [5.41, 5.74) is 8.03. The van der Waals surface area contributed by atoms with Crippen molar-refractivity contribution in [1.29, 1.82) is 0 Å². The molecule has 0 aliphatic carbocycles. The lowest BCUT2D eigenvalue weighted by Gasteiger charge is -2.11. The van der Waals surface area contributed by atoms with Gasteiger partial charge >= 0.3 is 11.8 Å². The van der Waals surface area contributed by atoms with Gasteiger partial charge < -0.3 is 9.80 Å². The topological polar surface area (TPSA) is 89.4 Å². The second-order valence-corrected chi connectivity index (χ2v) is 6.37. The normalized spacial score (nSPS) is 10.9. The number of benzene rings is 2. The van der Waals surface area contributed by atoms with E-state index in [1.54, 1.807) is 0 Å². The van der Waals surface area contributed by atoms with Gasteiger partial charge in [0.25, 0.3) is 0 Å². The summed E-state index contributed by atoms with van der Waals surface area (Å²) in [6.07, 6.45) is 2.92. The Morgan fingerprint density at radius 1 is 0.679 bits per heavy atom. The molecule has 146 valence electrons. The summed E-state index contributed by atoms with van der Waals surface area (Å²) in [5, 5.41) is 7.55. The van der Waals surface area contributed by atoms with Crippen LogP contribution in [0.25, 0.3) is 0 Å². The zero-order valence-corrected chi connectivity index (χ0v) is 16.4. The molecule has 0 saturated carbocycles. The van der Waals surface area contributed by atoms with Gasteiger partial charge in [0.1, 0.15) is 0 Å². The highest BCUT2D eigenvalue weighted by Gasteiger charge is 2.11. The van der Waals surface area contributed by atoms with Gasteiger partial charge in [-0.2, -0.15) is 10.2 Å². The summed E-state index contributed by atoms with van der Waals surface area (Å²) in [5.74, 6) is -1.80. The van der Waals surface area contributed by atoms with Gasteiger partial charge in [0.05, 0.1) is 12.4 Å². The predicted molar refractivity (Wildman–Crippen MR) is 113 cm³/mol. The molecule has 8 heteroatoms. The molecule has 0 heterocycles. The van der Waals surface area contributed by atoms with Crippen molar-refractivity contribution < 1.29 is 9.59 Å². The monoisotopic (exact) mass is 380 g/mol. The fourth-order valence-electron chi connectivity index (χ4n) is 2.15. The number of hydrogen-bond acceptors (Lipinski definition) is 6. The van der Waals surface area contributed by atoms with Crippen LogP contribution in [0.4, 0.5) is 11.4 Å². The number of amides is 2. The van der Waals surface area contributed by atoms with Crippen LogP contribution in [-0.4, -0.2) is 52.4 Å². The van der Waals surface area contributed by atoms with Gasteiger partial charge in [-0.25, -0.2) is 10.9 Å². The van der Waals surface area contributed by atoms with Crippen molar-refractivity contribution in [3.8, 4) is 0 Å². The first kappa shape index (κ1) is 20.6. The summed E-state index contributed by atoms with van der Waals surface area (Å²) < 4.78 is 0. The second kappa shape index (κ2) is 9.86. The van der Waals surface area contributed by atoms with E-state index < -0.39 is 11.8 Å². The van der Waals surface area contributed by atoms with Gasteiger partial charge in [0, 0.05) is 39.6 Å². The maximum Gasteiger partial charge on any atom is 0.331 e. The van der Waals surface area contributed by atoms with E-state index in [1.807, 2.05) is 86.5 Å². The Morgan fingerprint density at radius 3 is 1.29 bits per heavy atom. The molecule has 2 N–H and O–H groups in total. The van der Waals surface area contributed by atoms with Gasteiger partial charge in [0.15, 0.2) is 0 Å². The molecule has 0 atom stereocenters. The molecule has 2 rings (SSSR count). The summed E-state index contributed by atoms with van der Waals surface area (Å²) >= 11 is 0. The van der Waals surface area contributed by atoms with Gasteiger partial charge in [-0.3, -0.25) is 9.59 Å². The van der Waals surface area contributed by atoms with E-state index >= 15 is 0 Å². The second-order valence-electron chi connectivity index (χ2n) is 6.37. The lowest BCUT2D eigenvalue weighted by atomic mass is 10.2. The molecule has 0 unspecified atom stereocenters. The van der Waals surface area contributed by atoms with Gasteiger partial charge in [-0.05, 0) is 35.4 Å². The summed E-state index contributed by atoms with van der Waals surface area (Å²) in [6, 6.07) is 15.1. The number of carbonyl (C=O) groups is 2. The molecule has 0 aliphatic heterocycles. The van der Waals surface area contributed by atoms with E-state index in [9.17, 15) is 9.59 Å². The van der Waals surface area contributed by atoms with E-state index in [2.05, 4.69) is 21.1 Å². The Kier molecular flexibility index (Phi) is 7.27. The highest BCUT2D eigenvalue weighted by Crippen LogP contribution is 2.11. The molecule has 0 aliphatic rings. The van der Waals surface area contributed by atoms with Gasteiger partial charge in [-0.15, -0.1) is 0 Å². The molecule has 8 nitrogen and oxygen atoms in total. The summed E-state index contributed by atoms with van der Waals surface area (Å²) in [6.45, 7) is 0. The van der Waals surface area contributed by atoms with Crippen LogP contribution in [0.2, 0.25) is 0 Å². The minimum Gasteiger partial charge on any atom is -0.378 e. The molecule has 2 aromatic rings. The Hall–Kier alpha value is -3.68. The van der Waals surface area contributed by atoms with Crippen LogP contribution in [0, 0.1) is 0 Å². The number of hydrogen-bond donors (Lipinski definition) is 2. The zero-order chi connectivity index (χ0) is 20.5. The SMILES string of the molecule is CN(C)c1ccc(/C=N\NC(=O)C(=O)N/N=C\c2ccc(N(C)C)cc2)cc1. The van der Waals surface area contributed by atoms with Crippen LogP contribution in [0.15, 0.2) is 58.7 Å². The first-order valence-electron chi connectivity index (χ1n) is 8.58. The average molecular weight is 380 g/mol. The summed E-state index contributed by atoms with van der Waals surface area (Å²) in [7, 11) is 7.79. The quantitative estimate of drug-likeness (QED) is 0.451. The van der Waals surface area contributed by atoms with Crippen molar-refractivity contribution in [2.75, 3.05) is 38.0 Å². The molecular weight excluding hydrogens is 356 g/mol. The van der Waals surface area contributed by atoms with Crippen molar-refractivity contribution in [1.82, 2.24) is 10.9 Å². The number of rotatable bonds is 6. The minimum atomic E-state index is -0.902. The standard InChI is InChI=1S/C20H24N6O2/c1-25(2)17-9-5-15(6-10-17)13-21-23-19(27)20(28)24-22-14-16-7-11-18(12-8-16)26(3)4/h5-14H,1-4H3,(H,23,27)(H,24,28)/b21-13-,22-14-. The number of nitrogens with one attached hydrogen (secondary N) is 2. The molecule has 0 saturated heterocycles. The van der Waals surface area contributed by atoms with Crippen molar-refractivity contribution >= 4 is 35.6 Å². The number of hydrazone groups is 2. The number of anilines is 2. The lowest BCUT2D eigenvalue weighted by molar-refractivity contribution is -0.139. The fourth-order valence-corrected chi connectivity index (χ4v) is 2.15. The molecule has 2 amide bonds. The highest BCUT2D eigenvalue weighted by molar-refractivity contribution is 6.35. The molecule has 0 fully saturated rings. The molecule has 2 aromatic carbocycles. The average Bonchev–Trinajstić information content (AvgIpc) is 2.68. The first-order chi connectivity index (χ1) is 13.4. The smallest absolute Gasteiger partial charge is 0.331 e. The largest absolute Gasteiger partial charge is 0.378 e. The Morgan fingerprint density at radius 2 is 1.00 bits per heavy atom. The Bertz CT molecular complexity index is 782. The third-order valence-electron chi connectivity index (χ3n) is 3.78. The van der Waals surface area contributed by atoms with Crippen LogP contribution in [-0.2, 0) is 9.59 Å². The summed E-state index contributed by atoms with van der Waals surface area (Å²) in [4.78, 5) is 27.4. The van der Waals surface area contributed by atoms with Crippen LogP contribution < -0.4 is 20.7 Å². The zero-order valence-electron chi connectivity index (χ0n) is 16.4. The number of nitrogens with zero attached hydrogens (tertiary/aromatic N) is 4. The lowest BCUT2D eigenvalue weighted by Crippen LogP contribution is -2.35. The minimum absolute atomic E-state index is 0.797. The third-order valence-corrected chi connectivity index (χ3v) is 3.78. The molecule has 0 spiro atoms. The Labute approximate surface area is 164 Å². The van der Waals surface area contributed by atoms with Crippen molar-refractivity contribution in [2.45, 2.75) is 0 Å². The van der Waals surface area contributed by atoms with E-state index in [0.717, 1.165) is 22.5 Å². The first-order valence-corrected chi connectivity index (χ1v) is 8.58. The third kappa shape index (κ3) is 6.24. The van der Waals surface area contributed by atoms with Gasteiger partial charge in [-0.1, -0.05) is 24.3 Å². The van der Waals surface area contributed by atoms with Crippen LogP contribution in [0.1, 0.15) is 11.1 Å². The van der Waals surface area contributed by atoms with E-state index in [1.165, 1.54) is 12.4 Å². The fraction of sp³-hybridized carbons (Fsp3) is 0.200. The van der Waals surface area contributed by atoms with E-state index in [0.29, 0.717) is 0 Å². The maximum atomic E-state index is 11.7. The molecular formula is C20H24N6O2. The Balaban J connectivity index is 1.81. The van der Waals surface area contributed by atoms with Crippen LogP contribution >= 0.6 is 0 Å². The molecule has 0 bridgehead atoms. The van der Waals surface area contributed by atoms with Gasteiger partial charge in [0.2, 0.25) is 0 Å². The predicted octanol–water partition coefficient (Wildman–Crippen LogP) is 1.42. The number of carbonyl (C=O) groups excluding carboxylic acids is 2.